The van der Waals surface area contributed by atoms with Gasteiger partial charge in [-0.05, 0) is 51.4 Å². The molecule has 0 aliphatic carbocycles. The zero-order chi connectivity index (χ0) is 69.0. The molecule has 0 saturated heterocycles. The first-order valence-electron chi connectivity index (χ1n) is 38.6. The van der Waals surface area contributed by atoms with Crippen LogP contribution >= 0.6 is 15.6 Å². The van der Waals surface area contributed by atoms with E-state index >= 15 is 0 Å². The van der Waals surface area contributed by atoms with E-state index in [0.29, 0.717) is 25.7 Å². The summed E-state index contributed by atoms with van der Waals surface area (Å²) in [6.07, 6.45) is 61.9. The quantitative estimate of drug-likeness (QED) is 0.0169. The Kier molecular flexibility index (Phi) is 67.2. The van der Waals surface area contributed by atoms with Crippen molar-refractivity contribution in [1.29, 1.82) is 0 Å². The van der Waals surface area contributed by atoms with Crippen LogP contribution in [0.2, 0.25) is 0 Å². The van der Waals surface area contributed by atoms with Crippen LogP contribution in [0.3, 0.4) is 0 Å². The molecular formula is C75H142O17P2. The predicted molar refractivity (Wildman–Crippen MR) is 381 cm³/mol. The van der Waals surface area contributed by atoms with Gasteiger partial charge in [-0.3, -0.25) is 37.3 Å². The standard InChI is InChI=1S/C75H142O17P2/c1-5-9-13-17-21-24-27-30-33-34-35-37-40-43-46-50-54-58-62-75(80)92-71(66-86-73(78)60-56-52-48-44-41-39-36-31-28-25-22-18-14-10-6-2)68-90-94(83,84)88-64-69(76)63-87-93(81,82)89-67-70(65-85-72(77)59-55-51-47-20-16-12-8-4)91-74(79)61-57-53-49-45-42-38-32-29-26-23-19-15-11-7-3/h25,28,31,36,69-71,76H,5-24,26-27,29-30,32-35,37-68H2,1-4H3,(H,81,82)(H,83,84)/b28-25-,36-31-/t69-,70+,71+/m0/s1. The summed E-state index contributed by atoms with van der Waals surface area (Å²) in [7, 11) is -9.91. The monoisotopic (exact) mass is 1380 g/mol. The fraction of sp³-hybridized carbons (Fsp3) is 0.893. The van der Waals surface area contributed by atoms with Gasteiger partial charge in [0.1, 0.15) is 19.3 Å². The Labute approximate surface area is 573 Å². The smallest absolute Gasteiger partial charge is 0.462 e. The molecule has 554 valence electrons. The van der Waals surface area contributed by atoms with Crippen molar-refractivity contribution in [2.75, 3.05) is 39.6 Å². The molecule has 0 heterocycles. The highest BCUT2D eigenvalue weighted by molar-refractivity contribution is 7.47. The molecule has 19 heteroatoms. The van der Waals surface area contributed by atoms with Crippen LogP contribution in [0.15, 0.2) is 24.3 Å². The van der Waals surface area contributed by atoms with E-state index in [-0.39, 0.29) is 25.7 Å². The number of allylic oxidation sites excluding steroid dienone is 4. The lowest BCUT2D eigenvalue weighted by Gasteiger charge is -2.21. The fourth-order valence-corrected chi connectivity index (χ4v) is 12.6. The Balaban J connectivity index is 5.22. The fourth-order valence-electron chi connectivity index (χ4n) is 11.0. The summed E-state index contributed by atoms with van der Waals surface area (Å²) in [6.45, 7) is 4.88. The highest BCUT2D eigenvalue weighted by Crippen LogP contribution is 2.45. The van der Waals surface area contributed by atoms with E-state index in [1.807, 2.05) is 0 Å². The first kappa shape index (κ1) is 91.5. The van der Waals surface area contributed by atoms with Crippen LogP contribution in [0.5, 0.6) is 0 Å². The number of aliphatic hydroxyl groups is 1. The second-order valence-corrected chi connectivity index (χ2v) is 29.3. The van der Waals surface area contributed by atoms with E-state index in [1.165, 1.54) is 173 Å². The van der Waals surface area contributed by atoms with Crippen LogP contribution < -0.4 is 0 Å². The Morgan fingerprint density at radius 1 is 0.298 bits per heavy atom. The second kappa shape index (κ2) is 69.0. The number of unbranched alkanes of at least 4 members (excludes halogenated alkanes) is 45. The molecule has 0 bridgehead atoms. The van der Waals surface area contributed by atoms with Gasteiger partial charge in [-0.15, -0.1) is 0 Å². The number of esters is 4. The van der Waals surface area contributed by atoms with Gasteiger partial charge in [0, 0.05) is 25.7 Å². The average molecular weight is 1380 g/mol. The van der Waals surface area contributed by atoms with E-state index < -0.39 is 97.5 Å². The molecule has 17 nitrogen and oxygen atoms in total. The van der Waals surface area contributed by atoms with Crippen molar-refractivity contribution in [2.45, 2.75) is 393 Å². The number of hydrogen-bond donors (Lipinski definition) is 3. The van der Waals surface area contributed by atoms with Gasteiger partial charge in [-0.2, -0.15) is 0 Å². The number of aliphatic hydroxyl groups excluding tert-OH is 1. The first-order valence-corrected chi connectivity index (χ1v) is 41.6. The van der Waals surface area contributed by atoms with Crippen LogP contribution in [-0.4, -0.2) is 96.7 Å². The van der Waals surface area contributed by atoms with Gasteiger partial charge in [0.15, 0.2) is 12.2 Å². The topological polar surface area (TPSA) is 237 Å². The minimum Gasteiger partial charge on any atom is -0.462 e. The molecular weight excluding hydrogens is 1230 g/mol. The Morgan fingerprint density at radius 2 is 0.511 bits per heavy atom. The molecule has 0 radical (unpaired) electrons. The third-order valence-corrected chi connectivity index (χ3v) is 18.9. The van der Waals surface area contributed by atoms with Crippen LogP contribution in [-0.2, 0) is 65.4 Å². The molecule has 94 heavy (non-hydrogen) atoms. The average Bonchev–Trinajstić information content (AvgIpc) is 2.13. The summed E-state index contributed by atoms with van der Waals surface area (Å²) in [5.74, 6) is -2.15. The molecule has 0 aromatic rings. The zero-order valence-corrected chi connectivity index (χ0v) is 62.2. The van der Waals surface area contributed by atoms with Crippen LogP contribution in [0.1, 0.15) is 374 Å². The summed E-state index contributed by atoms with van der Waals surface area (Å²) < 4.78 is 68.3. The molecule has 0 spiro atoms. The molecule has 0 aromatic carbocycles. The molecule has 0 aromatic heterocycles. The van der Waals surface area contributed by atoms with Gasteiger partial charge in [-0.1, -0.05) is 322 Å². The Morgan fingerprint density at radius 3 is 0.777 bits per heavy atom. The third-order valence-electron chi connectivity index (χ3n) is 17.0. The highest BCUT2D eigenvalue weighted by atomic mass is 31.2. The zero-order valence-electron chi connectivity index (χ0n) is 60.4. The molecule has 3 N–H and O–H groups in total. The molecule has 0 aliphatic heterocycles. The normalized spacial score (nSPS) is 14.1. The maximum absolute atomic E-state index is 13.1. The summed E-state index contributed by atoms with van der Waals surface area (Å²) in [4.78, 5) is 72.6. The van der Waals surface area contributed by atoms with Gasteiger partial charge in [0.05, 0.1) is 26.4 Å². The number of carbonyl (C=O) groups excluding carboxylic acids is 4. The maximum Gasteiger partial charge on any atom is 0.472 e. The van der Waals surface area contributed by atoms with Crippen molar-refractivity contribution in [3.8, 4) is 0 Å². The molecule has 5 atom stereocenters. The number of phosphoric ester groups is 2. The lowest BCUT2D eigenvalue weighted by Crippen LogP contribution is -2.30. The summed E-state index contributed by atoms with van der Waals surface area (Å²) >= 11 is 0. The van der Waals surface area contributed by atoms with Crippen molar-refractivity contribution in [2.24, 2.45) is 0 Å². The number of ether oxygens (including phenoxy) is 4. The predicted octanol–water partition coefficient (Wildman–Crippen LogP) is 21.8. The lowest BCUT2D eigenvalue weighted by molar-refractivity contribution is -0.161. The number of phosphoric acid groups is 2. The van der Waals surface area contributed by atoms with Crippen molar-refractivity contribution in [1.82, 2.24) is 0 Å². The number of rotatable bonds is 74. The third kappa shape index (κ3) is 68.1. The van der Waals surface area contributed by atoms with Gasteiger partial charge >= 0.3 is 39.5 Å². The Bertz CT molecular complexity index is 1880. The van der Waals surface area contributed by atoms with Crippen LogP contribution in [0.25, 0.3) is 0 Å². The van der Waals surface area contributed by atoms with Crippen molar-refractivity contribution >= 4 is 39.5 Å². The number of carbonyl (C=O) groups is 4. The molecule has 0 saturated carbocycles. The highest BCUT2D eigenvalue weighted by Gasteiger charge is 2.30. The summed E-state index contributed by atoms with van der Waals surface area (Å²) in [6, 6.07) is 0. The molecule has 0 fully saturated rings. The maximum atomic E-state index is 13.1. The molecule has 0 amide bonds. The largest absolute Gasteiger partial charge is 0.472 e. The second-order valence-electron chi connectivity index (χ2n) is 26.4. The van der Waals surface area contributed by atoms with Crippen molar-refractivity contribution in [3.63, 3.8) is 0 Å². The van der Waals surface area contributed by atoms with E-state index in [0.717, 1.165) is 122 Å². The molecule has 0 rings (SSSR count). The van der Waals surface area contributed by atoms with E-state index in [2.05, 4.69) is 52.0 Å². The minimum absolute atomic E-state index is 0.102. The van der Waals surface area contributed by atoms with Crippen molar-refractivity contribution < 1.29 is 80.2 Å². The molecule has 0 aliphatic rings. The SMILES string of the molecule is CCCCCC/C=C\C=C/CCCCCCCC(=O)OC[C@H](COP(=O)(O)OC[C@@H](O)COP(=O)(O)OC[C@@H](COC(=O)CCCCCCCCC)OC(=O)CCCCCCCCCCCCCCCC)OC(=O)CCCCCCCCCCCCCCCCCCCC. The van der Waals surface area contributed by atoms with Crippen LogP contribution in [0.4, 0.5) is 0 Å². The van der Waals surface area contributed by atoms with E-state index in [4.69, 9.17) is 37.0 Å². The molecule has 2 unspecified atom stereocenters. The minimum atomic E-state index is -4.96. The summed E-state index contributed by atoms with van der Waals surface area (Å²) in [5.41, 5.74) is 0. The van der Waals surface area contributed by atoms with Gasteiger partial charge in [0.2, 0.25) is 0 Å². The first-order chi connectivity index (χ1) is 45.7. The Hall–Kier alpha value is -2.46. The van der Waals surface area contributed by atoms with E-state index in [9.17, 15) is 43.2 Å². The number of hydrogen-bond acceptors (Lipinski definition) is 15. The summed E-state index contributed by atoms with van der Waals surface area (Å²) in [5, 5.41) is 10.6. The van der Waals surface area contributed by atoms with Gasteiger partial charge in [0.25, 0.3) is 0 Å². The van der Waals surface area contributed by atoms with Gasteiger partial charge < -0.3 is 33.8 Å². The lowest BCUT2D eigenvalue weighted by atomic mass is 10.0. The van der Waals surface area contributed by atoms with E-state index in [1.54, 1.807) is 0 Å². The van der Waals surface area contributed by atoms with Crippen molar-refractivity contribution in [3.05, 3.63) is 24.3 Å². The van der Waals surface area contributed by atoms with Gasteiger partial charge in [-0.25, -0.2) is 9.13 Å². The van der Waals surface area contributed by atoms with Crippen LogP contribution in [0, 0.1) is 0 Å².